The van der Waals surface area contributed by atoms with Gasteiger partial charge in [-0.25, -0.2) is 9.97 Å². The molecule has 3 heterocycles. The molecule has 2 aromatic heterocycles. The molecule has 20 heavy (non-hydrogen) atoms. The van der Waals surface area contributed by atoms with Gasteiger partial charge in [0, 0.05) is 5.56 Å². The quantitative estimate of drug-likeness (QED) is 0.468. The van der Waals surface area contributed by atoms with E-state index in [1.165, 1.54) is 19.5 Å². The van der Waals surface area contributed by atoms with Crippen molar-refractivity contribution < 1.29 is 19.7 Å². The minimum absolute atomic E-state index is 0.207. The van der Waals surface area contributed by atoms with E-state index >= 15 is 0 Å². The van der Waals surface area contributed by atoms with Gasteiger partial charge in [-0.05, 0) is 6.92 Å². The molecule has 108 valence electrons. The van der Waals surface area contributed by atoms with Crippen LogP contribution in [0.15, 0.2) is 17.0 Å². The first-order valence-corrected chi connectivity index (χ1v) is 6.21. The summed E-state index contributed by atoms with van der Waals surface area (Å²) in [5.74, 6) is 0.207. The lowest BCUT2D eigenvalue weighted by atomic mass is 9.89. The summed E-state index contributed by atoms with van der Waals surface area (Å²) in [5, 5.41) is 32.8. The van der Waals surface area contributed by atoms with Crippen LogP contribution in [0.1, 0.15) is 18.5 Å². The highest BCUT2D eigenvalue weighted by molar-refractivity contribution is 5.85. The molecule has 2 aromatic rings. The van der Waals surface area contributed by atoms with Gasteiger partial charge in [0.15, 0.2) is 11.4 Å². The van der Waals surface area contributed by atoms with E-state index < -0.39 is 23.8 Å². The van der Waals surface area contributed by atoms with Gasteiger partial charge in [0.05, 0.1) is 25.0 Å². The number of aliphatic hydroxyl groups is 3. The van der Waals surface area contributed by atoms with Crippen molar-refractivity contribution in [3.8, 4) is 0 Å². The molecule has 1 saturated heterocycles. The summed E-state index contributed by atoms with van der Waals surface area (Å²) in [6.45, 7) is 1.20. The Bertz CT molecular complexity index is 641. The number of fused-ring (bicyclic) bond motifs is 1. The van der Waals surface area contributed by atoms with Crippen LogP contribution in [0.3, 0.4) is 0 Å². The Labute approximate surface area is 114 Å². The number of hydrogen-bond donors (Lipinski definition) is 5. The largest absolute Gasteiger partial charge is 0.458 e. The number of nitrogens with one attached hydrogen (secondary N) is 1. The van der Waals surface area contributed by atoms with E-state index in [2.05, 4.69) is 15.3 Å². The number of aliphatic hydroxyl groups excluding tert-OH is 2. The maximum absolute atomic E-state index is 10.5. The molecular formula is C12H16N4O4. The fourth-order valence-corrected chi connectivity index (χ4v) is 2.70. The third-order valence-corrected chi connectivity index (χ3v) is 3.86. The summed E-state index contributed by atoms with van der Waals surface area (Å²) in [6.07, 6.45) is 1.62. The van der Waals surface area contributed by atoms with E-state index in [1.807, 2.05) is 0 Å². The second-order valence-corrected chi connectivity index (χ2v) is 5.19. The molecule has 1 aliphatic rings. The van der Waals surface area contributed by atoms with Crippen molar-refractivity contribution in [3.05, 3.63) is 18.2 Å². The number of nitrogens with two attached hydrogens (primary N) is 1. The molecule has 8 nitrogen and oxygen atoms in total. The molecule has 6 N–H and O–H groups in total. The number of rotatable bonds is 2. The molecule has 0 aromatic carbocycles. The smallest absolute Gasteiger partial charge is 0.194 e. The second kappa shape index (κ2) is 4.38. The zero-order chi connectivity index (χ0) is 14.5. The summed E-state index contributed by atoms with van der Waals surface area (Å²) in [7, 11) is 0. The van der Waals surface area contributed by atoms with Gasteiger partial charge in [0.25, 0.3) is 0 Å². The lowest BCUT2D eigenvalue weighted by Gasteiger charge is -2.27. The van der Waals surface area contributed by atoms with Crippen LogP contribution >= 0.6 is 0 Å². The molecule has 0 radical (unpaired) electrons. The minimum atomic E-state index is -1.47. The summed E-state index contributed by atoms with van der Waals surface area (Å²) in [4.78, 5) is 7.94. The van der Waals surface area contributed by atoms with Crippen LogP contribution in [0.5, 0.6) is 0 Å². The Kier molecular flexibility index (Phi) is 2.91. The molecule has 0 spiro atoms. The summed E-state index contributed by atoms with van der Waals surface area (Å²) >= 11 is 0. The Morgan fingerprint density at radius 1 is 1.50 bits per heavy atom. The van der Waals surface area contributed by atoms with Gasteiger partial charge < -0.3 is 25.5 Å². The van der Waals surface area contributed by atoms with Gasteiger partial charge in [0.1, 0.15) is 23.5 Å². The van der Waals surface area contributed by atoms with Crippen molar-refractivity contribution in [3.63, 3.8) is 0 Å². The lowest BCUT2D eigenvalue weighted by Crippen LogP contribution is -2.43. The topological polar surface area (TPSA) is 138 Å². The fraction of sp³-hybridized carbons (Fsp3) is 0.500. The van der Waals surface area contributed by atoms with Crippen molar-refractivity contribution in [1.29, 1.82) is 0 Å². The molecule has 0 aliphatic carbocycles. The standard InChI is InChI=1S/C12H16N4O4/c1-12(19)9(16-6(2-17)10(12)18)5-3-20-8-7(5)14-4-15-11(8)13/h3-4,6,9-10,16-19H,2H2,1H3,(H2,13,14,15)/t6-,9+,10-,12+/m1/s1. The van der Waals surface area contributed by atoms with Gasteiger partial charge >= 0.3 is 0 Å². The van der Waals surface area contributed by atoms with Crippen LogP contribution in [-0.4, -0.2) is 49.6 Å². The number of furan rings is 1. The van der Waals surface area contributed by atoms with E-state index in [0.717, 1.165) is 0 Å². The molecule has 0 amide bonds. The Hall–Kier alpha value is -1.74. The molecule has 0 unspecified atom stereocenters. The number of nitrogens with zero attached hydrogens (tertiary/aromatic N) is 2. The molecule has 1 aliphatic heterocycles. The number of aromatic nitrogens is 2. The molecule has 1 fully saturated rings. The monoisotopic (exact) mass is 280 g/mol. The third-order valence-electron chi connectivity index (χ3n) is 3.86. The van der Waals surface area contributed by atoms with Crippen molar-refractivity contribution in [2.45, 2.75) is 30.7 Å². The minimum Gasteiger partial charge on any atom is -0.458 e. The van der Waals surface area contributed by atoms with Crippen molar-refractivity contribution in [2.75, 3.05) is 12.3 Å². The van der Waals surface area contributed by atoms with Gasteiger partial charge in [-0.3, -0.25) is 5.32 Å². The summed E-state index contributed by atoms with van der Waals surface area (Å²) in [5.41, 5.74) is 5.60. The van der Waals surface area contributed by atoms with Crippen LogP contribution in [0.25, 0.3) is 11.1 Å². The second-order valence-electron chi connectivity index (χ2n) is 5.19. The van der Waals surface area contributed by atoms with Crippen LogP contribution in [0.2, 0.25) is 0 Å². The molecule has 8 heteroatoms. The zero-order valence-electron chi connectivity index (χ0n) is 10.8. The fourth-order valence-electron chi connectivity index (χ4n) is 2.70. The van der Waals surface area contributed by atoms with Crippen LogP contribution < -0.4 is 11.1 Å². The number of nitrogen functional groups attached to an aromatic ring is 1. The van der Waals surface area contributed by atoms with Crippen molar-refractivity contribution in [2.24, 2.45) is 0 Å². The van der Waals surface area contributed by atoms with E-state index in [1.54, 1.807) is 0 Å². The van der Waals surface area contributed by atoms with Gasteiger partial charge in [0.2, 0.25) is 0 Å². The van der Waals surface area contributed by atoms with Crippen molar-refractivity contribution >= 4 is 16.9 Å². The Balaban J connectivity index is 2.10. The predicted octanol–water partition coefficient (Wildman–Crippen LogP) is -1.08. The molecule has 3 rings (SSSR count). The third kappa shape index (κ3) is 1.70. The lowest BCUT2D eigenvalue weighted by molar-refractivity contribution is -0.0576. The van der Waals surface area contributed by atoms with E-state index in [9.17, 15) is 15.3 Å². The first kappa shape index (κ1) is 13.3. The first-order valence-electron chi connectivity index (χ1n) is 6.21. The van der Waals surface area contributed by atoms with Crippen LogP contribution in [-0.2, 0) is 0 Å². The maximum atomic E-state index is 10.5. The number of hydrogen-bond acceptors (Lipinski definition) is 8. The Morgan fingerprint density at radius 3 is 2.90 bits per heavy atom. The highest BCUT2D eigenvalue weighted by atomic mass is 16.4. The summed E-state index contributed by atoms with van der Waals surface area (Å²) in [6, 6.07) is -1.26. The zero-order valence-corrected chi connectivity index (χ0v) is 10.8. The molecule has 0 saturated carbocycles. The van der Waals surface area contributed by atoms with Gasteiger partial charge in [-0.15, -0.1) is 0 Å². The molecular weight excluding hydrogens is 264 g/mol. The molecule has 0 bridgehead atoms. The highest BCUT2D eigenvalue weighted by Crippen LogP contribution is 2.39. The predicted molar refractivity (Wildman–Crippen MR) is 69.6 cm³/mol. The van der Waals surface area contributed by atoms with E-state index in [4.69, 9.17) is 10.2 Å². The average molecular weight is 280 g/mol. The van der Waals surface area contributed by atoms with E-state index in [-0.39, 0.29) is 12.4 Å². The van der Waals surface area contributed by atoms with Crippen LogP contribution in [0, 0.1) is 0 Å². The Morgan fingerprint density at radius 2 is 2.25 bits per heavy atom. The average Bonchev–Trinajstić information content (AvgIpc) is 2.92. The normalized spacial score (nSPS) is 33.9. The summed E-state index contributed by atoms with van der Waals surface area (Å²) < 4.78 is 5.34. The SMILES string of the molecule is C[C@@]1(O)[C@H](O)[C@@H](CO)N[C@H]1c1coc2c(N)ncnc12. The molecule has 4 atom stereocenters. The van der Waals surface area contributed by atoms with E-state index in [0.29, 0.717) is 16.7 Å². The van der Waals surface area contributed by atoms with Gasteiger partial charge in [-0.1, -0.05) is 0 Å². The first-order chi connectivity index (χ1) is 9.46. The van der Waals surface area contributed by atoms with Gasteiger partial charge in [-0.2, -0.15) is 0 Å². The van der Waals surface area contributed by atoms with Crippen molar-refractivity contribution in [1.82, 2.24) is 15.3 Å². The highest BCUT2D eigenvalue weighted by Gasteiger charge is 2.51. The van der Waals surface area contributed by atoms with Crippen LogP contribution in [0.4, 0.5) is 5.82 Å². The maximum Gasteiger partial charge on any atom is 0.194 e. The number of anilines is 1.